The number of fused-ring (bicyclic) bond motifs is 1. The zero-order valence-electron chi connectivity index (χ0n) is 16.7. The molecular formula is C22H26O5S. The maximum Gasteiger partial charge on any atom is 0.167 e. The fourth-order valence-corrected chi connectivity index (χ4v) is 4.05. The van der Waals surface area contributed by atoms with Crippen LogP contribution in [-0.2, 0) is 22.0 Å². The third-order valence-corrected chi connectivity index (χ3v) is 7.57. The third kappa shape index (κ3) is 4.22. The van der Waals surface area contributed by atoms with Gasteiger partial charge in [-0.15, -0.1) is 0 Å². The lowest BCUT2D eigenvalue weighted by atomic mass is 9.98. The van der Waals surface area contributed by atoms with E-state index in [9.17, 15) is 13.2 Å². The van der Waals surface area contributed by atoms with Gasteiger partial charge in [0, 0.05) is 12.0 Å². The van der Waals surface area contributed by atoms with Gasteiger partial charge in [-0.2, -0.15) is 0 Å². The van der Waals surface area contributed by atoms with E-state index in [1.807, 2.05) is 19.1 Å². The van der Waals surface area contributed by atoms with Crippen molar-refractivity contribution in [3.05, 3.63) is 58.7 Å². The second-order valence-corrected chi connectivity index (χ2v) is 10.8. The summed E-state index contributed by atoms with van der Waals surface area (Å²) in [5, 5.41) is 0. The Balaban J connectivity index is 1.74. The van der Waals surface area contributed by atoms with E-state index in [2.05, 4.69) is 0 Å². The molecule has 28 heavy (non-hydrogen) atoms. The molecule has 0 aromatic heterocycles. The van der Waals surface area contributed by atoms with Crippen molar-refractivity contribution < 1.29 is 22.7 Å². The highest BCUT2D eigenvalue weighted by Gasteiger charge is 2.29. The van der Waals surface area contributed by atoms with Crippen LogP contribution in [0.1, 0.15) is 47.8 Å². The number of carbonyl (C=O) groups excluding carboxylic acids is 1. The summed E-state index contributed by atoms with van der Waals surface area (Å²) >= 11 is 0. The molecule has 1 aliphatic rings. The summed E-state index contributed by atoms with van der Waals surface area (Å²) in [6.45, 7) is 8.03. The standard InChI is InChI=1S/C22H26O5S/c1-15-18(9-10-20-21(15)27-12-11-26-20)13-19(23)17-7-5-16(6-8-17)14-28(24,25)22(2,3)4/h5-10H,11-14H2,1-4H3. The highest BCUT2D eigenvalue weighted by Crippen LogP contribution is 2.35. The van der Waals surface area contributed by atoms with Gasteiger partial charge in [0.2, 0.25) is 0 Å². The van der Waals surface area contributed by atoms with Crippen LogP contribution in [0.15, 0.2) is 36.4 Å². The van der Waals surface area contributed by atoms with E-state index >= 15 is 0 Å². The summed E-state index contributed by atoms with van der Waals surface area (Å²) in [5.41, 5.74) is 3.06. The van der Waals surface area contributed by atoms with Crippen LogP contribution in [0.4, 0.5) is 0 Å². The van der Waals surface area contributed by atoms with E-state index in [4.69, 9.17) is 9.47 Å². The molecule has 0 aliphatic carbocycles. The lowest BCUT2D eigenvalue weighted by molar-refractivity contribution is 0.0992. The summed E-state index contributed by atoms with van der Waals surface area (Å²) in [7, 11) is -3.26. The van der Waals surface area contributed by atoms with Crippen molar-refractivity contribution in [3.8, 4) is 11.5 Å². The third-order valence-electron chi connectivity index (χ3n) is 4.99. The fourth-order valence-electron chi connectivity index (χ4n) is 2.99. The molecule has 0 bridgehead atoms. The Labute approximate surface area is 166 Å². The Kier molecular flexibility index (Phi) is 5.53. The largest absolute Gasteiger partial charge is 0.486 e. The smallest absolute Gasteiger partial charge is 0.167 e. The molecule has 6 heteroatoms. The van der Waals surface area contributed by atoms with Gasteiger partial charge in [0.25, 0.3) is 0 Å². The Morgan fingerprint density at radius 2 is 1.64 bits per heavy atom. The van der Waals surface area contributed by atoms with Crippen LogP contribution < -0.4 is 9.47 Å². The summed E-state index contributed by atoms with van der Waals surface area (Å²) in [6.07, 6.45) is 0.252. The van der Waals surface area contributed by atoms with Crippen LogP contribution in [0.2, 0.25) is 0 Å². The zero-order valence-corrected chi connectivity index (χ0v) is 17.6. The van der Waals surface area contributed by atoms with Crippen LogP contribution in [0, 0.1) is 6.92 Å². The van der Waals surface area contributed by atoms with Crippen LogP contribution in [0.5, 0.6) is 11.5 Å². The predicted molar refractivity (Wildman–Crippen MR) is 109 cm³/mol. The number of carbonyl (C=O) groups is 1. The number of hydrogen-bond donors (Lipinski definition) is 0. The lowest BCUT2D eigenvalue weighted by Gasteiger charge is -2.21. The van der Waals surface area contributed by atoms with Crippen molar-refractivity contribution in [1.29, 1.82) is 0 Å². The average Bonchev–Trinajstić information content (AvgIpc) is 2.63. The number of ether oxygens (including phenoxy) is 2. The van der Waals surface area contributed by atoms with Crippen molar-refractivity contribution in [2.45, 2.75) is 44.6 Å². The molecule has 5 nitrogen and oxygen atoms in total. The molecule has 0 saturated carbocycles. The van der Waals surface area contributed by atoms with Crippen molar-refractivity contribution in [2.24, 2.45) is 0 Å². The number of ketones is 1. The molecule has 0 amide bonds. The Hall–Kier alpha value is -2.34. The van der Waals surface area contributed by atoms with Gasteiger partial charge in [-0.1, -0.05) is 30.3 Å². The summed E-state index contributed by atoms with van der Waals surface area (Å²) in [4.78, 5) is 12.7. The van der Waals surface area contributed by atoms with Crippen LogP contribution >= 0.6 is 0 Å². The molecule has 2 aromatic carbocycles. The first kappa shape index (κ1) is 20.4. The van der Waals surface area contributed by atoms with Gasteiger partial charge < -0.3 is 9.47 Å². The molecule has 0 radical (unpaired) electrons. The van der Waals surface area contributed by atoms with Gasteiger partial charge in [0.1, 0.15) is 13.2 Å². The van der Waals surface area contributed by atoms with Crippen molar-refractivity contribution in [1.82, 2.24) is 0 Å². The highest BCUT2D eigenvalue weighted by atomic mass is 32.2. The van der Waals surface area contributed by atoms with Gasteiger partial charge >= 0.3 is 0 Å². The van der Waals surface area contributed by atoms with E-state index in [1.54, 1.807) is 45.0 Å². The second-order valence-electron chi connectivity index (χ2n) is 8.04. The molecule has 0 unspecified atom stereocenters. The van der Waals surface area contributed by atoms with E-state index in [1.165, 1.54) is 0 Å². The quantitative estimate of drug-likeness (QED) is 0.710. The van der Waals surface area contributed by atoms with Crippen molar-refractivity contribution in [2.75, 3.05) is 13.2 Å². The molecule has 150 valence electrons. The summed E-state index contributed by atoms with van der Waals surface area (Å²) < 4.78 is 35.1. The number of hydrogen-bond acceptors (Lipinski definition) is 5. The van der Waals surface area contributed by atoms with Gasteiger partial charge in [-0.25, -0.2) is 8.42 Å². The topological polar surface area (TPSA) is 69.7 Å². The first-order valence-electron chi connectivity index (χ1n) is 9.31. The summed E-state index contributed by atoms with van der Waals surface area (Å²) in [5.74, 6) is 1.36. The molecule has 1 heterocycles. The van der Waals surface area contributed by atoms with Crippen molar-refractivity contribution in [3.63, 3.8) is 0 Å². The van der Waals surface area contributed by atoms with E-state index in [0.717, 1.165) is 11.1 Å². The molecular weight excluding hydrogens is 376 g/mol. The molecule has 2 aromatic rings. The Morgan fingerprint density at radius 1 is 1.00 bits per heavy atom. The minimum absolute atomic E-state index is 0.0231. The minimum atomic E-state index is -3.26. The van der Waals surface area contributed by atoms with Gasteiger partial charge in [-0.3, -0.25) is 4.79 Å². The first-order chi connectivity index (χ1) is 13.1. The molecule has 3 rings (SSSR count). The Bertz CT molecular complexity index is 983. The second kappa shape index (κ2) is 7.59. The van der Waals surface area contributed by atoms with Crippen molar-refractivity contribution >= 4 is 15.6 Å². The SMILES string of the molecule is Cc1c(CC(=O)c2ccc(CS(=O)(=O)C(C)(C)C)cc2)ccc2c1OCCO2. The number of sulfone groups is 1. The molecule has 0 atom stereocenters. The monoisotopic (exact) mass is 402 g/mol. The fraction of sp³-hybridized carbons (Fsp3) is 0.409. The number of Topliss-reactive ketones (excluding diaryl/α,β-unsaturated/α-hetero) is 1. The first-order valence-corrected chi connectivity index (χ1v) is 11.0. The number of benzene rings is 2. The maximum absolute atomic E-state index is 12.7. The highest BCUT2D eigenvalue weighted by molar-refractivity contribution is 7.91. The minimum Gasteiger partial charge on any atom is -0.486 e. The van der Waals surface area contributed by atoms with Crippen LogP contribution in [0.25, 0.3) is 0 Å². The van der Waals surface area contributed by atoms with E-state index in [0.29, 0.717) is 35.8 Å². The van der Waals surface area contributed by atoms with Gasteiger partial charge in [0.15, 0.2) is 27.1 Å². The zero-order chi connectivity index (χ0) is 20.5. The molecule has 0 fully saturated rings. The van der Waals surface area contributed by atoms with Crippen LogP contribution in [0.3, 0.4) is 0 Å². The normalized spacial score (nSPS) is 14.0. The van der Waals surface area contributed by atoms with E-state index < -0.39 is 14.6 Å². The molecule has 0 N–H and O–H groups in total. The van der Waals surface area contributed by atoms with E-state index in [-0.39, 0.29) is 18.0 Å². The van der Waals surface area contributed by atoms with Crippen LogP contribution in [-0.4, -0.2) is 32.2 Å². The summed E-state index contributed by atoms with van der Waals surface area (Å²) in [6, 6.07) is 10.6. The number of rotatable bonds is 5. The molecule has 0 saturated heterocycles. The maximum atomic E-state index is 12.7. The molecule has 1 aliphatic heterocycles. The Morgan fingerprint density at radius 3 is 2.29 bits per heavy atom. The van der Waals surface area contributed by atoms with Gasteiger partial charge in [0.05, 0.1) is 10.5 Å². The average molecular weight is 403 g/mol. The molecule has 0 spiro atoms. The van der Waals surface area contributed by atoms with Gasteiger partial charge in [-0.05, 0) is 50.5 Å². The predicted octanol–water partition coefficient (Wildman–Crippen LogP) is 3.90. The lowest BCUT2D eigenvalue weighted by Crippen LogP contribution is -2.29.